The number of aromatic nitrogens is 3. The van der Waals surface area contributed by atoms with Crippen LogP contribution in [0, 0.1) is 5.92 Å². The van der Waals surface area contributed by atoms with Crippen molar-refractivity contribution in [2.75, 3.05) is 13.1 Å². The van der Waals surface area contributed by atoms with Crippen molar-refractivity contribution in [3.63, 3.8) is 0 Å². The van der Waals surface area contributed by atoms with Gasteiger partial charge in [-0.25, -0.2) is 15.0 Å². The molecule has 3 heterocycles. The lowest BCUT2D eigenvalue weighted by molar-refractivity contribution is 0.251. The van der Waals surface area contributed by atoms with Crippen LogP contribution in [0.15, 0.2) is 12.4 Å². The molecule has 1 unspecified atom stereocenters. The third-order valence-electron chi connectivity index (χ3n) is 3.92. The average molecular weight is 262 g/mol. The highest BCUT2D eigenvalue weighted by atomic mass is 32.1. The van der Waals surface area contributed by atoms with Crippen LogP contribution in [-0.4, -0.2) is 28.0 Å². The van der Waals surface area contributed by atoms with Crippen LogP contribution in [0.2, 0.25) is 0 Å². The van der Waals surface area contributed by atoms with Gasteiger partial charge in [-0.05, 0) is 31.8 Å². The van der Waals surface area contributed by atoms with E-state index >= 15 is 0 Å². The number of thiazole rings is 1. The molecule has 1 saturated heterocycles. The molecular weight excluding hydrogens is 244 g/mol. The minimum atomic E-state index is 0.0977. The summed E-state index contributed by atoms with van der Waals surface area (Å²) in [7, 11) is 0. The molecule has 0 amide bonds. The van der Waals surface area contributed by atoms with E-state index in [4.69, 9.17) is 0 Å². The second-order valence-electron chi connectivity index (χ2n) is 5.47. The summed E-state index contributed by atoms with van der Waals surface area (Å²) in [6.07, 6.45) is 5.98. The lowest BCUT2D eigenvalue weighted by Crippen LogP contribution is -2.40. The van der Waals surface area contributed by atoms with E-state index in [0.717, 1.165) is 28.6 Å². The molecule has 0 bridgehead atoms. The van der Waals surface area contributed by atoms with Crippen molar-refractivity contribution in [1.29, 1.82) is 0 Å². The molecule has 1 fully saturated rings. The van der Waals surface area contributed by atoms with Crippen molar-refractivity contribution >= 4 is 21.8 Å². The van der Waals surface area contributed by atoms with Gasteiger partial charge in [0, 0.05) is 17.8 Å². The molecule has 0 aromatic carbocycles. The van der Waals surface area contributed by atoms with Gasteiger partial charge in [-0.15, -0.1) is 0 Å². The van der Waals surface area contributed by atoms with Crippen LogP contribution >= 0.6 is 11.3 Å². The molecule has 5 heteroatoms. The first kappa shape index (κ1) is 12.0. The lowest BCUT2D eigenvalue weighted by Gasteiger charge is -2.35. The van der Waals surface area contributed by atoms with E-state index in [2.05, 4.69) is 34.1 Å². The smallest absolute Gasteiger partial charge is 0.189 e. The number of hydrogen-bond donors (Lipinski definition) is 1. The predicted octanol–water partition coefficient (Wildman–Crippen LogP) is 2.36. The number of fused-ring (bicyclic) bond motifs is 1. The molecule has 4 nitrogen and oxygen atoms in total. The zero-order chi connectivity index (χ0) is 12.6. The Morgan fingerprint density at radius 1 is 1.33 bits per heavy atom. The molecule has 0 aliphatic carbocycles. The maximum Gasteiger partial charge on any atom is 0.189 e. The predicted molar refractivity (Wildman–Crippen MR) is 73.8 cm³/mol. The highest BCUT2D eigenvalue weighted by Crippen LogP contribution is 2.38. The van der Waals surface area contributed by atoms with Gasteiger partial charge in [-0.3, -0.25) is 0 Å². The van der Waals surface area contributed by atoms with E-state index < -0.39 is 0 Å². The van der Waals surface area contributed by atoms with E-state index in [-0.39, 0.29) is 5.41 Å². The minimum absolute atomic E-state index is 0.0977. The number of nitrogens with one attached hydrogen (secondary N) is 1. The van der Waals surface area contributed by atoms with Crippen LogP contribution < -0.4 is 5.32 Å². The first-order chi connectivity index (χ1) is 8.68. The fourth-order valence-corrected chi connectivity index (χ4v) is 3.64. The molecule has 2 aromatic rings. The Morgan fingerprint density at radius 3 is 2.89 bits per heavy atom. The van der Waals surface area contributed by atoms with Crippen molar-refractivity contribution in [3.8, 4) is 0 Å². The molecule has 3 rings (SSSR count). The largest absolute Gasteiger partial charge is 0.316 e. The summed E-state index contributed by atoms with van der Waals surface area (Å²) < 4.78 is 0. The number of hydrogen-bond acceptors (Lipinski definition) is 5. The molecule has 0 radical (unpaired) electrons. The summed E-state index contributed by atoms with van der Waals surface area (Å²) >= 11 is 1.69. The summed E-state index contributed by atoms with van der Waals surface area (Å²) in [6.45, 7) is 6.82. The Bertz CT molecular complexity index is 510. The van der Waals surface area contributed by atoms with Gasteiger partial charge in [0.05, 0.1) is 0 Å². The topological polar surface area (TPSA) is 50.7 Å². The van der Waals surface area contributed by atoms with Crippen LogP contribution in [-0.2, 0) is 5.41 Å². The zero-order valence-electron chi connectivity index (χ0n) is 10.8. The third kappa shape index (κ3) is 2.01. The summed E-state index contributed by atoms with van der Waals surface area (Å²) in [5.74, 6) is 0.645. The van der Waals surface area contributed by atoms with Crippen LogP contribution in [0.1, 0.15) is 31.7 Å². The van der Waals surface area contributed by atoms with Gasteiger partial charge in [0.1, 0.15) is 5.01 Å². The molecule has 1 N–H and O–H groups in total. The first-order valence-electron chi connectivity index (χ1n) is 6.46. The van der Waals surface area contributed by atoms with Crippen molar-refractivity contribution < 1.29 is 0 Å². The van der Waals surface area contributed by atoms with Crippen LogP contribution in [0.5, 0.6) is 0 Å². The minimum Gasteiger partial charge on any atom is -0.316 e. The van der Waals surface area contributed by atoms with Gasteiger partial charge in [-0.2, -0.15) is 0 Å². The van der Waals surface area contributed by atoms with Gasteiger partial charge in [0.15, 0.2) is 10.5 Å². The van der Waals surface area contributed by atoms with Crippen molar-refractivity contribution in [2.45, 2.75) is 32.1 Å². The van der Waals surface area contributed by atoms with Gasteiger partial charge >= 0.3 is 0 Å². The fourth-order valence-electron chi connectivity index (χ4n) is 2.60. The molecule has 0 spiro atoms. The average Bonchev–Trinajstić information content (AvgIpc) is 2.84. The van der Waals surface area contributed by atoms with Gasteiger partial charge in [0.2, 0.25) is 0 Å². The molecule has 0 saturated carbocycles. The van der Waals surface area contributed by atoms with E-state index in [1.54, 1.807) is 23.7 Å². The summed E-state index contributed by atoms with van der Waals surface area (Å²) in [5, 5.41) is 4.65. The standard InChI is InChI=1S/C13H18N4S/c1-13(2,9-4-3-5-14-8-9)12-17-10-11(18-12)16-7-6-15-10/h6-7,9,14H,3-5,8H2,1-2H3. The van der Waals surface area contributed by atoms with E-state index in [1.807, 2.05) is 0 Å². The second kappa shape index (κ2) is 4.55. The van der Waals surface area contributed by atoms with E-state index in [9.17, 15) is 0 Å². The molecule has 1 atom stereocenters. The summed E-state index contributed by atoms with van der Waals surface area (Å²) in [6, 6.07) is 0. The lowest BCUT2D eigenvalue weighted by atomic mass is 9.75. The number of piperidine rings is 1. The normalized spacial score (nSPS) is 21.3. The number of nitrogens with zero attached hydrogens (tertiary/aromatic N) is 3. The molecule has 18 heavy (non-hydrogen) atoms. The molecule has 2 aromatic heterocycles. The quantitative estimate of drug-likeness (QED) is 0.902. The highest BCUT2D eigenvalue weighted by molar-refractivity contribution is 7.18. The molecule has 1 aliphatic heterocycles. The fraction of sp³-hybridized carbons (Fsp3) is 0.615. The van der Waals surface area contributed by atoms with Gasteiger partial charge < -0.3 is 5.32 Å². The molecular formula is C13H18N4S. The Balaban J connectivity index is 1.96. The monoisotopic (exact) mass is 262 g/mol. The van der Waals surface area contributed by atoms with Gasteiger partial charge in [0.25, 0.3) is 0 Å². The van der Waals surface area contributed by atoms with Crippen LogP contribution in [0.25, 0.3) is 10.5 Å². The Hall–Kier alpha value is -1.07. The second-order valence-corrected chi connectivity index (χ2v) is 6.45. The summed E-state index contributed by atoms with van der Waals surface area (Å²) in [5.41, 5.74) is 0.884. The van der Waals surface area contributed by atoms with E-state index in [1.165, 1.54) is 12.8 Å². The Kier molecular flexibility index (Phi) is 3.03. The van der Waals surface area contributed by atoms with E-state index in [0.29, 0.717) is 5.92 Å². The first-order valence-corrected chi connectivity index (χ1v) is 7.28. The third-order valence-corrected chi connectivity index (χ3v) is 5.21. The molecule has 1 aliphatic rings. The molecule has 96 valence electrons. The van der Waals surface area contributed by atoms with Crippen molar-refractivity contribution in [2.24, 2.45) is 5.92 Å². The SMILES string of the molecule is CC(C)(c1nc2nccnc2s1)C1CCCNC1. The van der Waals surface area contributed by atoms with Crippen LogP contribution in [0.3, 0.4) is 0 Å². The number of rotatable bonds is 2. The highest BCUT2D eigenvalue weighted by Gasteiger charge is 2.35. The zero-order valence-corrected chi connectivity index (χ0v) is 11.6. The Morgan fingerprint density at radius 2 is 2.17 bits per heavy atom. The van der Waals surface area contributed by atoms with Crippen molar-refractivity contribution in [3.05, 3.63) is 17.4 Å². The Labute approximate surface area is 111 Å². The van der Waals surface area contributed by atoms with Crippen LogP contribution in [0.4, 0.5) is 0 Å². The van der Waals surface area contributed by atoms with Crippen molar-refractivity contribution in [1.82, 2.24) is 20.3 Å². The maximum atomic E-state index is 4.68. The maximum absolute atomic E-state index is 4.68. The summed E-state index contributed by atoms with van der Waals surface area (Å²) in [4.78, 5) is 14.2. The van der Waals surface area contributed by atoms with Gasteiger partial charge in [-0.1, -0.05) is 25.2 Å².